The molecule has 0 bridgehead atoms. The smallest absolute Gasteiger partial charge is 0.183 e. The minimum Gasteiger partial charge on any atom is -0.510 e. The van der Waals surface area contributed by atoms with Gasteiger partial charge in [-0.1, -0.05) is 6.07 Å². The third kappa shape index (κ3) is 3.41. The standard InChI is InChI=1S/C12H14N2O3/c1-7-4-5-11(17)10(6-7)13-14-12(8(2)15)9(3)16/h4-6,15,17H,1-3H3. The van der Waals surface area contributed by atoms with E-state index in [9.17, 15) is 15.0 Å². The van der Waals surface area contributed by atoms with Gasteiger partial charge in [-0.3, -0.25) is 4.79 Å². The van der Waals surface area contributed by atoms with Gasteiger partial charge in [-0.05, 0) is 31.5 Å². The van der Waals surface area contributed by atoms with Crippen LogP contribution in [0.3, 0.4) is 0 Å². The minimum absolute atomic E-state index is 0.0298. The largest absolute Gasteiger partial charge is 0.510 e. The molecule has 17 heavy (non-hydrogen) atoms. The summed E-state index contributed by atoms with van der Waals surface area (Å²) in [5, 5.41) is 26.1. The van der Waals surface area contributed by atoms with Gasteiger partial charge in [0.2, 0.25) is 0 Å². The minimum atomic E-state index is -0.388. The number of phenols is 1. The van der Waals surface area contributed by atoms with Crippen LogP contribution in [0.5, 0.6) is 5.75 Å². The second-order valence-corrected chi connectivity index (χ2v) is 3.68. The highest BCUT2D eigenvalue weighted by atomic mass is 16.3. The summed E-state index contributed by atoms with van der Waals surface area (Å²) in [6.45, 7) is 4.48. The van der Waals surface area contributed by atoms with Gasteiger partial charge in [-0.2, -0.15) is 0 Å². The topological polar surface area (TPSA) is 82.2 Å². The molecule has 0 aliphatic carbocycles. The van der Waals surface area contributed by atoms with E-state index in [1.54, 1.807) is 12.1 Å². The predicted molar refractivity (Wildman–Crippen MR) is 63.4 cm³/mol. The SMILES string of the molecule is CC(=O)C(N=Nc1cc(C)ccc1O)=C(C)O. The van der Waals surface area contributed by atoms with Gasteiger partial charge in [0, 0.05) is 6.92 Å². The zero-order chi connectivity index (χ0) is 13.0. The molecule has 1 aromatic rings. The number of carbonyl (C=O) groups excluding carboxylic acids is 1. The van der Waals surface area contributed by atoms with Crippen molar-refractivity contribution in [3.8, 4) is 5.75 Å². The number of carbonyl (C=O) groups is 1. The number of hydrogen-bond donors (Lipinski definition) is 2. The van der Waals surface area contributed by atoms with Crippen LogP contribution in [0, 0.1) is 6.92 Å². The summed E-state index contributed by atoms with van der Waals surface area (Å²) < 4.78 is 0. The van der Waals surface area contributed by atoms with Crippen molar-refractivity contribution >= 4 is 11.5 Å². The van der Waals surface area contributed by atoms with Gasteiger partial charge in [-0.25, -0.2) is 0 Å². The van der Waals surface area contributed by atoms with Gasteiger partial charge in [-0.15, -0.1) is 10.2 Å². The summed E-state index contributed by atoms with van der Waals surface area (Å²) in [4.78, 5) is 11.1. The number of rotatable bonds is 3. The number of Topliss-reactive ketones (excluding diaryl/α,β-unsaturated/α-hetero) is 1. The number of aliphatic hydroxyl groups excluding tert-OH is 1. The number of ketones is 1. The lowest BCUT2D eigenvalue weighted by Gasteiger charge is -2.00. The van der Waals surface area contributed by atoms with Crippen LogP contribution in [0.4, 0.5) is 5.69 Å². The van der Waals surface area contributed by atoms with Gasteiger partial charge < -0.3 is 10.2 Å². The maximum Gasteiger partial charge on any atom is 0.183 e. The average molecular weight is 234 g/mol. The molecule has 0 aromatic heterocycles. The molecule has 0 fully saturated rings. The Balaban J connectivity index is 3.09. The van der Waals surface area contributed by atoms with Crippen LogP contribution in [-0.2, 0) is 4.79 Å². The van der Waals surface area contributed by atoms with Crippen molar-refractivity contribution in [3.05, 3.63) is 35.2 Å². The van der Waals surface area contributed by atoms with Gasteiger partial charge in [0.15, 0.2) is 11.5 Å². The molecule has 1 rings (SSSR count). The molecule has 0 radical (unpaired) electrons. The molecule has 5 nitrogen and oxygen atoms in total. The van der Waals surface area contributed by atoms with E-state index >= 15 is 0 Å². The fourth-order valence-electron chi connectivity index (χ4n) is 1.21. The monoisotopic (exact) mass is 234 g/mol. The Morgan fingerprint density at radius 2 is 1.94 bits per heavy atom. The summed E-state index contributed by atoms with van der Waals surface area (Å²) >= 11 is 0. The molecule has 1 aromatic carbocycles. The van der Waals surface area contributed by atoms with Crippen LogP contribution in [0.1, 0.15) is 19.4 Å². The normalized spacial score (nSPS) is 12.6. The number of azo groups is 1. The van der Waals surface area contributed by atoms with Gasteiger partial charge in [0.25, 0.3) is 0 Å². The van der Waals surface area contributed by atoms with E-state index in [0.717, 1.165) is 5.56 Å². The van der Waals surface area contributed by atoms with Crippen molar-refractivity contribution in [3.63, 3.8) is 0 Å². The van der Waals surface area contributed by atoms with Crippen molar-refractivity contribution in [1.82, 2.24) is 0 Å². The third-order valence-corrected chi connectivity index (χ3v) is 2.06. The summed E-state index contributed by atoms with van der Waals surface area (Å²) in [6.07, 6.45) is 0. The van der Waals surface area contributed by atoms with E-state index < -0.39 is 0 Å². The van der Waals surface area contributed by atoms with Crippen molar-refractivity contribution in [1.29, 1.82) is 0 Å². The molecular weight excluding hydrogens is 220 g/mol. The van der Waals surface area contributed by atoms with Crippen LogP contribution < -0.4 is 0 Å². The molecule has 2 N–H and O–H groups in total. The fourth-order valence-corrected chi connectivity index (χ4v) is 1.21. The van der Waals surface area contributed by atoms with Crippen LogP contribution in [0.2, 0.25) is 0 Å². The quantitative estimate of drug-likeness (QED) is 0.478. The Morgan fingerprint density at radius 1 is 1.29 bits per heavy atom. The van der Waals surface area contributed by atoms with Gasteiger partial charge in [0.1, 0.15) is 17.2 Å². The zero-order valence-corrected chi connectivity index (χ0v) is 9.93. The highest BCUT2D eigenvalue weighted by molar-refractivity contribution is 5.93. The summed E-state index contributed by atoms with van der Waals surface area (Å²) in [5.41, 5.74) is 1.04. The highest BCUT2D eigenvalue weighted by Gasteiger charge is 2.07. The van der Waals surface area contributed by atoms with E-state index in [1.807, 2.05) is 6.92 Å². The van der Waals surface area contributed by atoms with E-state index in [-0.39, 0.29) is 28.7 Å². The molecule has 0 saturated carbocycles. The van der Waals surface area contributed by atoms with Crippen LogP contribution >= 0.6 is 0 Å². The van der Waals surface area contributed by atoms with Crippen molar-refractivity contribution in [2.75, 3.05) is 0 Å². The second kappa shape index (κ2) is 5.25. The highest BCUT2D eigenvalue weighted by Crippen LogP contribution is 2.27. The molecule has 0 spiro atoms. The lowest BCUT2D eigenvalue weighted by atomic mass is 10.2. The molecule has 0 saturated heterocycles. The summed E-state index contributed by atoms with van der Waals surface area (Å²) in [5.74, 6) is -0.618. The van der Waals surface area contributed by atoms with Gasteiger partial charge >= 0.3 is 0 Å². The van der Waals surface area contributed by atoms with Crippen LogP contribution in [-0.4, -0.2) is 16.0 Å². The maximum atomic E-state index is 11.1. The molecule has 90 valence electrons. The van der Waals surface area contributed by atoms with Crippen LogP contribution in [0.15, 0.2) is 39.9 Å². The molecule has 0 amide bonds. The van der Waals surface area contributed by atoms with E-state index in [1.165, 1.54) is 19.9 Å². The third-order valence-electron chi connectivity index (χ3n) is 2.06. The molecule has 0 heterocycles. The Morgan fingerprint density at radius 3 is 2.47 bits per heavy atom. The van der Waals surface area contributed by atoms with E-state index in [2.05, 4.69) is 10.2 Å². The molecule has 0 aliphatic heterocycles. The number of benzene rings is 1. The van der Waals surface area contributed by atoms with E-state index in [0.29, 0.717) is 0 Å². The maximum absolute atomic E-state index is 11.1. The fraction of sp³-hybridized carbons (Fsp3) is 0.250. The number of aliphatic hydroxyl groups is 1. The number of allylic oxidation sites excluding steroid dienone is 2. The lowest BCUT2D eigenvalue weighted by Crippen LogP contribution is -1.96. The molecular formula is C12H14N2O3. The number of aryl methyl sites for hydroxylation is 1. The number of hydrogen-bond acceptors (Lipinski definition) is 5. The summed E-state index contributed by atoms with van der Waals surface area (Å²) in [7, 11) is 0. The van der Waals surface area contributed by atoms with E-state index in [4.69, 9.17) is 0 Å². The first-order chi connectivity index (χ1) is 7.91. The summed E-state index contributed by atoms with van der Waals surface area (Å²) in [6, 6.07) is 4.85. The molecule has 0 aliphatic rings. The Kier molecular flexibility index (Phi) is 3.98. The first-order valence-electron chi connectivity index (χ1n) is 5.04. The van der Waals surface area contributed by atoms with Gasteiger partial charge in [0.05, 0.1) is 0 Å². The first kappa shape index (κ1) is 12.9. The number of aromatic hydroxyl groups is 1. The van der Waals surface area contributed by atoms with Crippen molar-refractivity contribution in [2.24, 2.45) is 10.2 Å². The van der Waals surface area contributed by atoms with Crippen LogP contribution in [0.25, 0.3) is 0 Å². The average Bonchev–Trinajstić information content (AvgIpc) is 2.22. The molecule has 0 unspecified atom stereocenters. The Labute approximate surface area is 99.1 Å². The van der Waals surface area contributed by atoms with Crippen molar-refractivity contribution in [2.45, 2.75) is 20.8 Å². The number of nitrogens with zero attached hydrogens (tertiary/aromatic N) is 2. The molecule has 5 heteroatoms. The number of phenolic OH excluding ortho intramolecular Hbond substituents is 1. The molecule has 0 atom stereocenters. The Bertz CT molecular complexity index is 500. The van der Waals surface area contributed by atoms with Crippen molar-refractivity contribution < 1.29 is 15.0 Å². The zero-order valence-electron chi connectivity index (χ0n) is 9.93. The predicted octanol–water partition coefficient (Wildman–Crippen LogP) is 3.16. The second-order valence-electron chi connectivity index (χ2n) is 3.68. The Hall–Kier alpha value is -2.17. The lowest BCUT2D eigenvalue weighted by molar-refractivity contribution is -0.113. The first-order valence-corrected chi connectivity index (χ1v) is 5.04.